The average Bonchev–Trinajstić information content (AvgIpc) is 2.60. The van der Waals surface area contributed by atoms with E-state index < -0.39 is 0 Å². The Bertz CT molecular complexity index is 424. The molecule has 0 aromatic heterocycles. The molecule has 0 aliphatic carbocycles. The molecule has 1 heterocycles. The molecule has 0 bridgehead atoms. The molecule has 2 rings (SSSR count). The van der Waals surface area contributed by atoms with Gasteiger partial charge in [0.05, 0.1) is 5.69 Å². The Labute approximate surface area is 107 Å². The zero-order valence-corrected chi connectivity index (χ0v) is 10.8. The van der Waals surface area contributed by atoms with Gasteiger partial charge in [-0.05, 0) is 53.3 Å². The predicted molar refractivity (Wildman–Crippen MR) is 68.6 cm³/mol. The second kappa shape index (κ2) is 4.67. The first kappa shape index (κ1) is 11.8. The maximum absolute atomic E-state index is 12.9. The van der Waals surface area contributed by atoms with Gasteiger partial charge in [-0.3, -0.25) is 4.79 Å². The normalized spacial score (nSPS) is 20.6. The van der Waals surface area contributed by atoms with Crippen molar-refractivity contribution in [1.82, 2.24) is 0 Å². The second-order valence-corrected chi connectivity index (χ2v) is 5.07. The molecule has 5 heteroatoms. The van der Waals surface area contributed by atoms with Gasteiger partial charge in [-0.15, -0.1) is 0 Å². The topological polar surface area (TPSA) is 46.3 Å². The van der Waals surface area contributed by atoms with Crippen molar-refractivity contribution in [1.29, 1.82) is 0 Å². The van der Waals surface area contributed by atoms with Crippen molar-refractivity contribution in [2.24, 2.45) is 11.7 Å². The minimum atomic E-state index is -0.282. The highest BCUT2D eigenvalue weighted by molar-refractivity contribution is 14.1. The summed E-state index contributed by atoms with van der Waals surface area (Å²) in [5.41, 5.74) is 6.34. The molecule has 1 aliphatic heterocycles. The Hall–Kier alpha value is -0.690. The summed E-state index contributed by atoms with van der Waals surface area (Å²) in [6.45, 7) is 1.15. The number of benzene rings is 1. The number of anilines is 1. The molecule has 1 saturated heterocycles. The summed E-state index contributed by atoms with van der Waals surface area (Å²) in [7, 11) is 0. The van der Waals surface area contributed by atoms with Gasteiger partial charge in [-0.1, -0.05) is 0 Å². The Kier molecular flexibility index (Phi) is 3.44. The van der Waals surface area contributed by atoms with E-state index in [1.807, 2.05) is 22.6 Å². The van der Waals surface area contributed by atoms with Crippen LogP contribution in [0.5, 0.6) is 0 Å². The molecule has 1 fully saturated rings. The first-order valence-corrected chi connectivity index (χ1v) is 6.15. The van der Waals surface area contributed by atoms with Crippen molar-refractivity contribution < 1.29 is 9.18 Å². The molecule has 1 aliphatic rings. The highest BCUT2D eigenvalue weighted by Gasteiger charge is 2.30. The summed E-state index contributed by atoms with van der Waals surface area (Å²) in [5, 5.41) is 0. The van der Waals surface area contributed by atoms with E-state index in [0.29, 0.717) is 19.5 Å². The van der Waals surface area contributed by atoms with Crippen LogP contribution in [0.4, 0.5) is 10.1 Å². The molecule has 1 aromatic rings. The van der Waals surface area contributed by atoms with E-state index >= 15 is 0 Å². The van der Waals surface area contributed by atoms with Crippen LogP contribution in [0.1, 0.15) is 6.42 Å². The first-order valence-electron chi connectivity index (χ1n) is 5.07. The number of hydrogen-bond acceptors (Lipinski definition) is 2. The lowest BCUT2D eigenvalue weighted by atomic mass is 10.1. The zero-order chi connectivity index (χ0) is 11.7. The molecule has 1 aromatic carbocycles. The average molecular weight is 334 g/mol. The van der Waals surface area contributed by atoms with Gasteiger partial charge in [-0.25, -0.2) is 4.39 Å². The van der Waals surface area contributed by atoms with Crippen LogP contribution < -0.4 is 10.6 Å². The number of rotatable bonds is 2. The third-order valence-electron chi connectivity index (χ3n) is 2.74. The molecule has 1 atom stereocenters. The van der Waals surface area contributed by atoms with Gasteiger partial charge in [0.2, 0.25) is 5.91 Å². The largest absolute Gasteiger partial charge is 0.330 e. The lowest BCUT2D eigenvalue weighted by Crippen LogP contribution is -2.26. The molecule has 0 spiro atoms. The standard InChI is InChI=1S/C11H12FIN2O/c12-8-1-2-10(9(13)4-8)15-6-7(5-14)3-11(15)16/h1-2,4,7H,3,5-6,14H2. The Morgan fingerprint density at radius 3 is 2.88 bits per heavy atom. The Morgan fingerprint density at radius 2 is 2.31 bits per heavy atom. The van der Waals surface area contributed by atoms with Crippen molar-refractivity contribution >= 4 is 34.2 Å². The van der Waals surface area contributed by atoms with Crippen LogP contribution in [0.25, 0.3) is 0 Å². The van der Waals surface area contributed by atoms with Crippen molar-refractivity contribution in [2.75, 3.05) is 18.0 Å². The number of carbonyl (C=O) groups excluding carboxylic acids is 1. The minimum Gasteiger partial charge on any atom is -0.330 e. The highest BCUT2D eigenvalue weighted by Crippen LogP contribution is 2.29. The van der Waals surface area contributed by atoms with E-state index in [4.69, 9.17) is 5.73 Å². The van der Waals surface area contributed by atoms with E-state index in [1.165, 1.54) is 12.1 Å². The SMILES string of the molecule is NCC1CC(=O)N(c2ccc(F)cc2I)C1. The highest BCUT2D eigenvalue weighted by atomic mass is 127. The molecule has 1 unspecified atom stereocenters. The molecular weight excluding hydrogens is 322 g/mol. The third kappa shape index (κ3) is 2.20. The number of halogens is 2. The quantitative estimate of drug-likeness (QED) is 0.838. The van der Waals surface area contributed by atoms with Gasteiger partial charge in [-0.2, -0.15) is 0 Å². The lowest BCUT2D eigenvalue weighted by molar-refractivity contribution is -0.117. The fraction of sp³-hybridized carbons (Fsp3) is 0.364. The maximum atomic E-state index is 12.9. The molecule has 86 valence electrons. The summed E-state index contributed by atoms with van der Waals surface area (Å²) < 4.78 is 13.7. The number of nitrogens with two attached hydrogens (primary N) is 1. The monoisotopic (exact) mass is 334 g/mol. The van der Waals surface area contributed by atoms with E-state index in [1.54, 1.807) is 11.0 Å². The van der Waals surface area contributed by atoms with E-state index in [9.17, 15) is 9.18 Å². The summed E-state index contributed by atoms with van der Waals surface area (Å²) >= 11 is 2.04. The molecular formula is C11H12FIN2O. The number of amides is 1. The van der Waals surface area contributed by atoms with Crippen LogP contribution in [-0.4, -0.2) is 19.0 Å². The lowest BCUT2D eigenvalue weighted by Gasteiger charge is -2.18. The smallest absolute Gasteiger partial charge is 0.227 e. The maximum Gasteiger partial charge on any atom is 0.227 e. The molecule has 0 saturated carbocycles. The molecule has 0 radical (unpaired) electrons. The molecule has 16 heavy (non-hydrogen) atoms. The number of carbonyl (C=O) groups is 1. The predicted octanol–water partition coefficient (Wildman–Crippen LogP) is 1.74. The van der Waals surface area contributed by atoms with Gasteiger partial charge < -0.3 is 10.6 Å². The molecule has 2 N–H and O–H groups in total. The summed E-state index contributed by atoms with van der Waals surface area (Å²) in [5.74, 6) is 0.00324. The van der Waals surface area contributed by atoms with Crippen LogP contribution in [-0.2, 0) is 4.79 Å². The van der Waals surface area contributed by atoms with Crippen LogP contribution >= 0.6 is 22.6 Å². The van der Waals surface area contributed by atoms with Crippen molar-refractivity contribution in [2.45, 2.75) is 6.42 Å². The van der Waals surface area contributed by atoms with Gasteiger partial charge in [0.25, 0.3) is 0 Å². The molecule has 1 amide bonds. The first-order chi connectivity index (χ1) is 7.61. The van der Waals surface area contributed by atoms with Crippen LogP contribution in [0.3, 0.4) is 0 Å². The van der Waals surface area contributed by atoms with Crippen molar-refractivity contribution in [3.8, 4) is 0 Å². The van der Waals surface area contributed by atoms with E-state index in [2.05, 4.69) is 0 Å². The van der Waals surface area contributed by atoms with Crippen molar-refractivity contribution in [3.05, 3.63) is 27.6 Å². The van der Waals surface area contributed by atoms with Crippen molar-refractivity contribution in [3.63, 3.8) is 0 Å². The zero-order valence-electron chi connectivity index (χ0n) is 8.62. The summed E-state index contributed by atoms with van der Waals surface area (Å²) in [4.78, 5) is 13.4. The van der Waals surface area contributed by atoms with E-state index in [0.717, 1.165) is 9.26 Å². The Morgan fingerprint density at radius 1 is 1.56 bits per heavy atom. The minimum absolute atomic E-state index is 0.0694. The van der Waals surface area contributed by atoms with E-state index in [-0.39, 0.29) is 17.6 Å². The van der Waals surface area contributed by atoms with Gasteiger partial charge in [0.1, 0.15) is 5.82 Å². The molecule has 3 nitrogen and oxygen atoms in total. The fourth-order valence-corrected chi connectivity index (χ4v) is 2.64. The summed E-state index contributed by atoms with van der Waals surface area (Å²) in [6.07, 6.45) is 0.490. The third-order valence-corrected chi connectivity index (χ3v) is 3.60. The van der Waals surface area contributed by atoms with Gasteiger partial charge >= 0.3 is 0 Å². The fourth-order valence-electron chi connectivity index (χ4n) is 1.87. The summed E-state index contributed by atoms with van der Waals surface area (Å²) in [6, 6.07) is 4.45. The van der Waals surface area contributed by atoms with Crippen LogP contribution in [0.15, 0.2) is 18.2 Å². The van der Waals surface area contributed by atoms with Gasteiger partial charge in [0, 0.05) is 16.5 Å². The van der Waals surface area contributed by atoms with Gasteiger partial charge in [0.15, 0.2) is 0 Å². The number of nitrogens with zero attached hydrogens (tertiary/aromatic N) is 1. The number of hydrogen-bond donors (Lipinski definition) is 1. The second-order valence-electron chi connectivity index (χ2n) is 3.91. The Balaban J connectivity index is 2.28. The van der Waals surface area contributed by atoms with Crippen LogP contribution in [0, 0.1) is 15.3 Å². The van der Waals surface area contributed by atoms with Crippen LogP contribution in [0.2, 0.25) is 0 Å².